The molecule has 1 aliphatic carbocycles. The van der Waals surface area contributed by atoms with Gasteiger partial charge in [-0.1, -0.05) is 11.6 Å². The van der Waals surface area contributed by atoms with Crippen LogP contribution in [0.3, 0.4) is 0 Å². The zero-order chi connectivity index (χ0) is 10.1. The van der Waals surface area contributed by atoms with Crippen LogP contribution in [0.2, 0.25) is 5.15 Å². The molecule has 0 amide bonds. The molecule has 0 atom stereocenters. The van der Waals surface area contributed by atoms with Gasteiger partial charge in [0.2, 0.25) is 0 Å². The van der Waals surface area contributed by atoms with Crippen molar-refractivity contribution in [2.24, 2.45) is 0 Å². The molecule has 1 saturated carbocycles. The molecule has 1 N–H and O–H groups in total. The number of rotatable bonds is 3. The molecule has 1 aromatic rings. The van der Waals surface area contributed by atoms with E-state index in [1.807, 2.05) is 0 Å². The van der Waals surface area contributed by atoms with Crippen molar-refractivity contribution in [3.8, 4) is 5.75 Å². The van der Waals surface area contributed by atoms with Crippen LogP contribution in [0.1, 0.15) is 23.2 Å². The van der Waals surface area contributed by atoms with Gasteiger partial charge in [0.25, 0.3) is 0 Å². The number of aromatic nitrogens is 1. The van der Waals surface area contributed by atoms with Gasteiger partial charge in [0.1, 0.15) is 16.5 Å². The van der Waals surface area contributed by atoms with E-state index in [4.69, 9.17) is 21.4 Å². The maximum Gasteiger partial charge on any atom is 0.338 e. The zero-order valence-corrected chi connectivity index (χ0v) is 7.99. The topological polar surface area (TPSA) is 59.4 Å². The molecule has 0 unspecified atom stereocenters. The lowest BCUT2D eigenvalue weighted by atomic mass is 10.3. The molecule has 0 aromatic carbocycles. The molecule has 0 bridgehead atoms. The first-order valence-electron chi connectivity index (χ1n) is 4.22. The van der Waals surface area contributed by atoms with Crippen LogP contribution in [0.25, 0.3) is 0 Å². The second-order valence-electron chi connectivity index (χ2n) is 3.13. The summed E-state index contributed by atoms with van der Waals surface area (Å²) in [5.41, 5.74) is -0.0233. The van der Waals surface area contributed by atoms with Crippen molar-refractivity contribution in [3.63, 3.8) is 0 Å². The number of hydrogen-bond donors (Lipinski definition) is 1. The highest BCUT2D eigenvalue weighted by molar-refractivity contribution is 6.32. The normalized spacial score (nSPS) is 15.2. The Hall–Kier alpha value is -1.29. The first-order chi connectivity index (χ1) is 6.66. The van der Waals surface area contributed by atoms with Crippen molar-refractivity contribution < 1.29 is 14.6 Å². The molecule has 74 valence electrons. The third-order valence-corrected chi connectivity index (χ3v) is 2.17. The number of ether oxygens (including phenoxy) is 1. The van der Waals surface area contributed by atoms with E-state index in [0.29, 0.717) is 5.75 Å². The minimum atomic E-state index is -1.09. The van der Waals surface area contributed by atoms with Crippen LogP contribution in [-0.2, 0) is 0 Å². The molecule has 1 aliphatic rings. The Morgan fingerprint density at radius 1 is 1.64 bits per heavy atom. The monoisotopic (exact) mass is 213 g/mol. The first kappa shape index (κ1) is 9.27. The van der Waals surface area contributed by atoms with E-state index in [0.717, 1.165) is 12.8 Å². The van der Waals surface area contributed by atoms with Gasteiger partial charge in [-0.15, -0.1) is 0 Å². The number of nitrogens with zero attached hydrogens (tertiary/aromatic N) is 1. The molecule has 1 aromatic heterocycles. The second-order valence-corrected chi connectivity index (χ2v) is 3.49. The fourth-order valence-corrected chi connectivity index (χ4v) is 1.21. The minimum Gasteiger partial charge on any atom is -0.489 e. The van der Waals surface area contributed by atoms with Crippen LogP contribution in [0.5, 0.6) is 5.75 Å². The Balaban J connectivity index is 2.24. The van der Waals surface area contributed by atoms with Crippen molar-refractivity contribution in [3.05, 3.63) is 23.0 Å². The number of aromatic carboxylic acids is 1. The summed E-state index contributed by atoms with van der Waals surface area (Å²) in [7, 11) is 0. The van der Waals surface area contributed by atoms with Gasteiger partial charge < -0.3 is 9.84 Å². The standard InChI is InChI=1S/C9H8ClNO3/c10-8-7(9(12)13)3-6(4-11-8)14-5-1-2-5/h3-5H,1-2H2,(H,12,13). The quantitative estimate of drug-likeness (QED) is 0.780. The molecule has 1 heterocycles. The van der Waals surface area contributed by atoms with Crippen LogP contribution in [0.15, 0.2) is 12.3 Å². The SMILES string of the molecule is O=C(O)c1cc(OC2CC2)cnc1Cl. The average Bonchev–Trinajstić information content (AvgIpc) is 2.92. The summed E-state index contributed by atoms with van der Waals surface area (Å²) >= 11 is 5.60. The smallest absolute Gasteiger partial charge is 0.338 e. The minimum absolute atomic E-state index is 0.0133. The maximum absolute atomic E-state index is 10.7. The highest BCUT2D eigenvalue weighted by Crippen LogP contribution is 2.28. The Labute approximate surface area is 85.5 Å². The number of carboxylic acids is 1. The molecule has 0 radical (unpaired) electrons. The predicted octanol–water partition coefficient (Wildman–Crippen LogP) is 1.97. The fourth-order valence-electron chi connectivity index (χ4n) is 1.02. The second kappa shape index (κ2) is 3.46. The summed E-state index contributed by atoms with van der Waals surface area (Å²) in [4.78, 5) is 14.4. The van der Waals surface area contributed by atoms with Gasteiger partial charge in [0.15, 0.2) is 0 Å². The van der Waals surface area contributed by atoms with Gasteiger partial charge in [-0.2, -0.15) is 0 Å². The maximum atomic E-state index is 10.7. The molecule has 5 heteroatoms. The van der Waals surface area contributed by atoms with Crippen LogP contribution < -0.4 is 4.74 Å². The van der Waals surface area contributed by atoms with E-state index in [9.17, 15) is 4.79 Å². The molecular weight excluding hydrogens is 206 g/mol. The predicted molar refractivity (Wildman–Crippen MR) is 49.9 cm³/mol. The number of carbonyl (C=O) groups is 1. The Morgan fingerprint density at radius 2 is 2.36 bits per heavy atom. The van der Waals surface area contributed by atoms with E-state index in [-0.39, 0.29) is 16.8 Å². The van der Waals surface area contributed by atoms with Crippen molar-refractivity contribution in [1.29, 1.82) is 0 Å². The molecule has 0 saturated heterocycles. The number of pyridine rings is 1. The van der Waals surface area contributed by atoms with E-state index < -0.39 is 5.97 Å². The summed E-state index contributed by atoms with van der Waals surface area (Å²) in [6.07, 6.45) is 3.70. The van der Waals surface area contributed by atoms with E-state index in [1.165, 1.54) is 12.3 Å². The molecule has 14 heavy (non-hydrogen) atoms. The first-order valence-corrected chi connectivity index (χ1v) is 4.60. The zero-order valence-electron chi connectivity index (χ0n) is 7.24. The summed E-state index contributed by atoms with van der Waals surface area (Å²) in [6, 6.07) is 1.40. The van der Waals surface area contributed by atoms with Crippen molar-refractivity contribution in [2.45, 2.75) is 18.9 Å². The lowest BCUT2D eigenvalue weighted by Crippen LogP contribution is -2.02. The van der Waals surface area contributed by atoms with Gasteiger partial charge >= 0.3 is 5.97 Å². The third kappa shape index (κ3) is 1.96. The molecular formula is C9H8ClNO3. The van der Waals surface area contributed by atoms with Crippen molar-refractivity contribution >= 4 is 17.6 Å². The lowest BCUT2D eigenvalue weighted by molar-refractivity contribution is 0.0696. The largest absolute Gasteiger partial charge is 0.489 e. The van der Waals surface area contributed by atoms with Crippen LogP contribution in [0, 0.1) is 0 Å². The number of halogens is 1. The van der Waals surface area contributed by atoms with Gasteiger partial charge in [-0.3, -0.25) is 0 Å². The highest BCUT2D eigenvalue weighted by atomic mass is 35.5. The molecule has 4 nitrogen and oxygen atoms in total. The Kier molecular flexibility index (Phi) is 2.29. The van der Waals surface area contributed by atoms with Gasteiger partial charge in [0, 0.05) is 0 Å². The average molecular weight is 214 g/mol. The van der Waals surface area contributed by atoms with E-state index in [2.05, 4.69) is 4.98 Å². The van der Waals surface area contributed by atoms with E-state index in [1.54, 1.807) is 0 Å². The van der Waals surface area contributed by atoms with Crippen LogP contribution >= 0.6 is 11.6 Å². The molecule has 0 aliphatic heterocycles. The third-order valence-electron chi connectivity index (χ3n) is 1.87. The number of carboxylic acid groups (broad SMARTS) is 1. The van der Waals surface area contributed by atoms with Gasteiger partial charge in [0.05, 0.1) is 12.3 Å². The van der Waals surface area contributed by atoms with Gasteiger partial charge in [-0.25, -0.2) is 9.78 Å². The molecule has 0 spiro atoms. The Bertz CT molecular complexity index is 376. The molecule has 1 fully saturated rings. The summed E-state index contributed by atoms with van der Waals surface area (Å²) in [5.74, 6) is -0.627. The summed E-state index contributed by atoms with van der Waals surface area (Å²) in [5, 5.41) is 8.75. The fraction of sp³-hybridized carbons (Fsp3) is 0.333. The van der Waals surface area contributed by atoms with E-state index >= 15 is 0 Å². The van der Waals surface area contributed by atoms with Crippen molar-refractivity contribution in [1.82, 2.24) is 4.98 Å². The lowest BCUT2D eigenvalue weighted by Gasteiger charge is -2.04. The van der Waals surface area contributed by atoms with Crippen molar-refractivity contribution in [2.75, 3.05) is 0 Å². The highest BCUT2D eigenvalue weighted by Gasteiger charge is 2.24. The van der Waals surface area contributed by atoms with Gasteiger partial charge in [-0.05, 0) is 18.9 Å². The van der Waals surface area contributed by atoms with Crippen LogP contribution in [0.4, 0.5) is 0 Å². The summed E-state index contributed by atoms with van der Waals surface area (Å²) in [6.45, 7) is 0. The number of hydrogen-bond acceptors (Lipinski definition) is 3. The van der Waals surface area contributed by atoms with Crippen LogP contribution in [-0.4, -0.2) is 22.2 Å². The Morgan fingerprint density at radius 3 is 2.93 bits per heavy atom. The summed E-state index contributed by atoms with van der Waals surface area (Å²) < 4.78 is 5.39. The molecule has 2 rings (SSSR count).